The Bertz CT molecular complexity index is 480. The molecule has 0 spiro atoms. The Morgan fingerprint density at radius 1 is 1.33 bits per heavy atom. The molecule has 3 rings (SSSR count). The number of primary amides is 1. The van der Waals surface area contributed by atoms with Crippen LogP contribution in [0.1, 0.15) is 32.1 Å². The normalized spacial score (nSPS) is 37.5. The van der Waals surface area contributed by atoms with E-state index in [1.54, 1.807) is 0 Å². The van der Waals surface area contributed by atoms with E-state index in [4.69, 9.17) is 10.6 Å². The van der Waals surface area contributed by atoms with Crippen molar-refractivity contribution in [2.75, 3.05) is 19.6 Å². The number of hydrazine groups is 1. The third-order valence-electron chi connectivity index (χ3n) is 4.98. The number of hydrogen-bond acceptors (Lipinski definition) is 6. The molecule has 136 valence electrons. The number of carbonyl (C=O) groups excluding carboxylic acids is 2. The molecule has 3 fully saturated rings. The molecule has 5 N–H and O–H groups in total. The molecule has 2 amide bonds. The quantitative estimate of drug-likeness (QED) is 0.508. The lowest BCUT2D eigenvalue weighted by molar-refractivity contribution is -0.131. The van der Waals surface area contributed by atoms with Crippen LogP contribution in [-0.2, 0) is 14.4 Å². The lowest BCUT2D eigenvalue weighted by atomic mass is 9.88. The van der Waals surface area contributed by atoms with E-state index in [9.17, 15) is 14.0 Å². The number of nitrogens with one attached hydrogen (secondary N) is 3. The number of nitrogens with zero attached hydrogens (tertiary/aromatic N) is 1. The molecular weight excluding hydrogens is 317 g/mol. The molecule has 0 aromatic rings. The zero-order valence-corrected chi connectivity index (χ0v) is 13.7. The number of hydroxylamine groups is 1. The molecular formula is C15H26FN5O3. The van der Waals surface area contributed by atoms with E-state index in [-0.39, 0.29) is 18.4 Å². The Hall–Kier alpha value is -1.29. The number of halogens is 1. The lowest BCUT2D eigenvalue weighted by Crippen LogP contribution is -2.47. The Labute approximate surface area is 140 Å². The van der Waals surface area contributed by atoms with Crippen LogP contribution in [0.3, 0.4) is 0 Å². The van der Waals surface area contributed by atoms with E-state index >= 15 is 0 Å². The molecule has 0 bridgehead atoms. The van der Waals surface area contributed by atoms with Crippen LogP contribution in [0.5, 0.6) is 0 Å². The largest absolute Gasteiger partial charge is 0.367 e. The van der Waals surface area contributed by atoms with Gasteiger partial charge in [-0.25, -0.2) is 9.40 Å². The number of alkyl halides is 1. The maximum absolute atomic E-state index is 13.5. The molecule has 3 aliphatic rings. The summed E-state index contributed by atoms with van der Waals surface area (Å²) in [5.74, 6) is -0.407. The smallest absolute Gasteiger partial charge is 0.248 e. The van der Waals surface area contributed by atoms with E-state index in [0.29, 0.717) is 31.8 Å². The molecule has 2 aliphatic heterocycles. The van der Waals surface area contributed by atoms with E-state index in [1.807, 2.05) is 0 Å². The molecule has 5 unspecified atom stereocenters. The van der Waals surface area contributed by atoms with Gasteiger partial charge in [0.1, 0.15) is 12.2 Å². The predicted octanol–water partition coefficient (Wildman–Crippen LogP) is -1.03. The molecule has 0 aromatic carbocycles. The zero-order chi connectivity index (χ0) is 17.1. The number of hydrogen-bond donors (Lipinski definition) is 4. The maximum atomic E-state index is 13.5. The van der Waals surface area contributed by atoms with Crippen molar-refractivity contribution < 1.29 is 18.8 Å². The summed E-state index contributed by atoms with van der Waals surface area (Å²) in [5.41, 5.74) is 11.0. The molecule has 2 heterocycles. The highest BCUT2D eigenvalue weighted by molar-refractivity contribution is 5.85. The second-order valence-electron chi connectivity index (χ2n) is 7.02. The molecule has 0 radical (unpaired) electrons. The Morgan fingerprint density at radius 2 is 2.17 bits per heavy atom. The van der Waals surface area contributed by atoms with Gasteiger partial charge >= 0.3 is 0 Å². The van der Waals surface area contributed by atoms with Crippen LogP contribution in [0.4, 0.5) is 4.39 Å². The van der Waals surface area contributed by atoms with E-state index in [1.165, 1.54) is 0 Å². The third-order valence-corrected chi connectivity index (χ3v) is 4.98. The highest BCUT2D eigenvalue weighted by atomic mass is 19.1. The number of amides is 2. The van der Waals surface area contributed by atoms with Crippen LogP contribution in [0, 0.1) is 5.92 Å². The first-order valence-electron chi connectivity index (χ1n) is 8.64. The predicted molar refractivity (Wildman–Crippen MR) is 84.0 cm³/mol. The Morgan fingerprint density at radius 3 is 2.88 bits per heavy atom. The van der Waals surface area contributed by atoms with Crippen LogP contribution in [0.25, 0.3) is 0 Å². The summed E-state index contributed by atoms with van der Waals surface area (Å²) in [6.45, 7) is 2.14. The molecule has 1 saturated carbocycles. The Kier molecular flexibility index (Phi) is 5.65. The van der Waals surface area contributed by atoms with Gasteiger partial charge < -0.3 is 11.1 Å². The molecule has 2 saturated heterocycles. The van der Waals surface area contributed by atoms with Crippen molar-refractivity contribution in [3.63, 3.8) is 0 Å². The zero-order valence-electron chi connectivity index (χ0n) is 13.7. The average Bonchev–Trinajstić information content (AvgIpc) is 3.17. The lowest BCUT2D eigenvalue weighted by Gasteiger charge is -2.28. The fourth-order valence-corrected chi connectivity index (χ4v) is 3.68. The van der Waals surface area contributed by atoms with Crippen molar-refractivity contribution in [3.8, 4) is 0 Å². The van der Waals surface area contributed by atoms with Gasteiger partial charge in [0.25, 0.3) is 0 Å². The van der Waals surface area contributed by atoms with Gasteiger partial charge in [0, 0.05) is 26.1 Å². The molecule has 9 heteroatoms. The van der Waals surface area contributed by atoms with Crippen molar-refractivity contribution in [1.29, 1.82) is 0 Å². The summed E-state index contributed by atoms with van der Waals surface area (Å²) in [6, 6.07) is -0.584. The van der Waals surface area contributed by atoms with Gasteiger partial charge in [-0.15, -0.1) is 0 Å². The second-order valence-corrected chi connectivity index (χ2v) is 7.02. The minimum atomic E-state index is -0.765. The first-order chi connectivity index (χ1) is 11.5. The minimum Gasteiger partial charge on any atom is -0.367 e. The fourth-order valence-electron chi connectivity index (χ4n) is 3.68. The van der Waals surface area contributed by atoms with Gasteiger partial charge in [0.2, 0.25) is 11.8 Å². The summed E-state index contributed by atoms with van der Waals surface area (Å²) in [7, 11) is 0. The molecule has 5 atom stereocenters. The molecule has 24 heavy (non-hydrogen) atoms. The summed E-state index contributed by atoms with van der Waals surface area (Å²) in [4.78, 5) is 28.3. The summed E-state index contributed by atoms with van der Waals surface area (Å²) < 4.78 is 13.5. The molecule has 0 aromatic heterocycles. The molecule has 8 nitrogen and oxygen atoms in total. The van der Waals surface area contributed by atoms with Crippen LogP contribution in [-0.4, -0.2) is 60.8 Å². The van der Waals surface area contributed by atoms with Crippen molar-refractivity contribution in [2.24, 2.45) is 11.7 Å². The van der Waals surface area contributed by atoms with Gasteiger partial charge in [-0.05, 0) is 25.2 Å². The fraction of sp³-hybridized carbons (Fsp3) is 0.867. The van der Waals surface area contributed by atoms with Gasteiger partial charge in [-0.1, -0.05) is 6.42 Å². The molecule has 1 aliphatic carbocycles. The van der Waals surface area contributed by atoms with E-state index in [0.717, 1.165) is 19.4 Å². The van der Waals surface area contributed by atoms with Crippen molar-refractivity contribution in [3.05, 3.63) is 0 Å². The highest BCUT2D eigenvalue weighted by Gasteiger charge is 2.36. The topological polar surface area (TPSA) is 109 Å². The number of rotatable bonds is 5. The van der Waals surface area contributed by atoms with Gasteiger partial charge in [0.15, 0.2) is 6.10 Å². The van der Waals surface area contributed by atoms with Crippen molar-refractivity contribution in [1.82, 2.24) is 21.2 Å². The second kappa shape index (κ2) is 7.73. The monoisotopic (exact) mass is 343 g/mol. The van der Waals surface area contributed by atoms with Crippen molar-refractivity contribution >= 4 is 11.8 Å². The van der Waals surface area contributed by atoms with E-state index in [2.05, 4.69) is 21.2 Å². The Balaban J connectivity index is 1.40. The average molecular weight is 343 g/mol. The third kappa shape index (κ3) is 4.41. The van der Waals surface area contributed by atoms with Crippen LogP contribution >= 0.6 is 0 Å². The van der Waals surface area contributed by atoms with Crippen LogP contribution in [0.2, 0.25) is 0 Å². The number of nitrogens with two attached hydrogens (primary N) is 1. The van der Waals surface area contributed by atoms with E-state index < -0.39 is 24.2 Å². The van der Waals surface area contributed by atoms with Gasteiger partial charge in [0.05, 0.1) is 6.04 Å². The van der Waals surface area contributed by atoms with Crippen molar-refractivity contribution in [2.45, 2.75) is 56.5 Å². The first kappa shape index (κ1) is 17.5. The maximum Gasteiger partial charge on any atom is 0.248 e. The summed E-state index contributed by atoms with van der Waals surface area (Å²) in [5, 5.41) is 5.01. The minimum absolute atomic E-state index is 0.0170. The first-order valence-corrected chi connectivity index (χ1v) is 8.64. The summed E-state index contributed by atoms with van der Waals surface area (Å²) in [6.07, 6.45) is 2.14. The van der Waals surface area contributed by atoms with Gasteiger partial charge in [-0.2, -0.15) is 5.48 Å². The SMILES string of the molecule is NC(=O)C1CC(C(=O)NC2CNN(CC3CCCC(F)C3)C2)NO1. The summed E-state index contributed by atoms with van der Waals surface area (Å²) >= 11 is 0. The van der Waals surface area contributed by atoms with Gasteiger partial charge in [-0.3, -0.25) is 19.9 Å². The van der Waals surface area contributed by atoms with Crippen LogP contribution in [0.15, 0.2) is 0 Å². The number of carbonyl (C=O) groups is 2. The standard InChI is InChI=1S/C15H26FN5O3/c16-10-3-1-2-9(4-10)7-21-8-11(6-18-21)19-15(23)12-5-13(14(17)22)24-20-12/h9-13,18,20H,1-8H2,(H2,17,22)(H,19,23). The van der Waals surface area contributed by atoms with Crippen LogP contribution < -0.4 is 22.0 Å². The highest BCUT2D eigenvalue weighted by Crippen LogP contribution is 2.27.